The van der Waals surface area contributed by atoms with E-state index in [2.05, 4.69) is 5.16 Å². The van der Waals surface area contributed by atoms with Crippen LogP contribution in [0.15, 0.2) is 9.42 Å². The molecule has 1 amide bonds. The molecular formula is C16H26N4O6S2. The van der Waals surface area contributed by atoms with Crippen LogP contribution in [0.4, 0.5) is 0 Å². The third-order valence-corrected chi connectivity index (χ3v) is 8.71. The van der Waals surface area contributed by atoms with Gasteiger partial charge in [0, 0.05) is 32.7 Å². The van der Waals surface area contributed by atoms with Gasteiger partial charge in [-0.25, -0.2) is 16.8 Å². The van der Waals surface area contributed by atoms with E-state index in [0.29, 0.717) is 18.7 Å². The van der Waals surface area contributed by atoms with E-state index in [4.69, 9.17) is 4.52 Å². The third-order valence-electron chi connectivity index (χ3n) is 5.28. The smallest absolute Gasteiger partial charge is 0.248 e. The zero-order chi connectivity index (χ0) is 20.7. The molecule has 2 aliphatic rings. The number of aromatic nitrogens is 1. The first-order valence-corrected chi connectivity index (χ1v) is 12.5. The number of sulfonamides is 2. The van der Waals surface area contributed by atoms with Crippen LogP contribution in [0.25, 0.3) is 0 Å². The van der Waals surface area contributed by atoms with Crippen LogP contribution in [0, 0.1) is 13.8 Å². The molecule has 0 saturated carbocycles. The molecule has 0 N–H and O–H groups in total. The second-order valence-corrected chi connectivity index (χ2v) is 11.1. The average molecular weight is 435 g/mol. The van der Waals surface area contributed by atoms with Crippen molar-refractivity contribution in [3.63, 3.8) is 0 Å². The maximum absolute atomic E-state index is 12.9. The van der Waals surface area contributed by atoms with Crippen molar-refractivity contribution in [1.82, 2.24) is 18.7 Å². The number of carbonyl (C=O) groups excluding carboxylic acids is 1. The highest BCUT2D eigenvalue weighted by molar-refractivity contribution is 7.89. The molecule has 2 aliphatic heterocycles. The predicted octanol–water partition coefficient (Wildman–Crippen LogP) is -0.0616. The van der Waals surface area contributed by atoms with E-state index >= 15 is 0 Å². The molecule has 0 spiro atoms. The van der Waals surface area contributed by atoms with Crippen molar-refractivity contribution >= 4 is 26.0 Å². The van der Waals surface area contributed by atoms with Gasteiger partial charge in [-0.05, 0) is 26.7 Å². The first kappa shape index (κ1) is 21.2. The maximum Gasteiger partial charge on any atom is 0.248 e. The molecule has 2 fully saturated rings. The minimum absolute atomic E-state index is 0.0720. The van der Waals surface area contributed by atoms with E-state index in [1.807, 2.05) is 0 Å². The number of rotatable bonds is 4. The number of aryl methyl sites for hydroxylation is 2. The van der Waals surface area contributed by atoms with Gasteiger partial charge in [-0.2, -0.15) is 8.61 Å². The molecule has 12 heteroatoms. The fourth-order valence-corrected chi connectivity index (χ4v) is 6.71. The van der Waals surface area contributed by atoms with Gasteiger partial charge in [-0.15, -0.1) is 0 Å². The molecular weight excluding hydrogens is 408 g/mol. The van der Waals surface area contributed by atoms with Crippen LogP contribution in [0.1, 0.15) is 30.7 Å². The fraction of sp³-hybridized carbons (Fsp3) is 0.750. The summed E-state index contributed by atoms with van der Waals surface area (Å²) in [4.78, 5) is 14.6. The summed E-state index contributed by atoms with van der Waals surface area (Å²) in [6.45, 7) is 4.19. The summed E-state index contributed by atoms with van der Waals surface area (Å²) < 4.78 is 57.4. The lowest BCUT2D eigenvalue weighted by Crippen LogP contribution is -2.57. The van der Waals surface area contributed by atoms with E-state index in [-0.39, 0.29) is 42.7 Å². The van der Waals surface area contributed by atoms with Crippen LogP contribution in [-0.2, 0) is 24.8 Å². The molecule has 0 radical (unpaired) electrons. The number of piperazine rings is 1. The summed E-state index contributed by atoms with van der Waals surface area (Å²) in [7, 11) is -7.22. The first-order chi connectivity index (χ1) is 13.0. The zero-order valence-corrected chi connectivity index (χ0v) is 17.9. The van der Waals surface area contributed by atoms with Crippen molar-refractivity contribution in [2.24, 2.45) is 0 Å². The molecule has 1 atom stereocenters. The minimum atomic E-state index is -3.76. The minimum Gasteiger partial charge on any atom is -0.360 e. The molecule has 1 aromatic heterocycles. The van der Waals surface area contributed by atoms with Gasteiger partial charge < -0.3 is 9.42 Å². The van der Waals surface area contributed by atoms with Gasteiger partial charge in [-0.3, -0.25) is 4.79 Å². The number of piperidine rings is 1. The largest absolute Gasteiger partial charge is 0.360 e. The van der Waals surface area contributed by atoms with Crippen LogP contribution < -0.4 is 0 Å². The SMILES string of the molecule is Cc1noc(C)c1S(=O)(=O)N1CCN(C(=O)C2CCCCN2S(C)(=O)=O)CC1. The Bertz CT molecular complexity index is 928. The van der Waals surface area contributed by atoms with Gasteiger partial charge in [0.1, 0.15) is 16.6 Å². The number of carbonyl (C=O) groups is 1. The van der Waals surface area contributed by atoms with Gasteiger partial charge in [0.2, 0.25) is 26.0 Å². The molecule has 0 bridgehead atoms. The van der Waals surface area contributed by atoms with Crippen molar-refractivity contribution in [3.05, 3.63) is 11.5 Å². The Hall–Kier alpha value is -1.50. The normalized spacial score (nSPS) is 23.1. The lowest BCUT2D eigenvalue weighted by Gasteiger charge is -2.39. The van der Waals surface area contributed by atoms with Crippen molar-refractivity contribution in [1.29, 1.82) is 0 Å². The molecule has 158 valence electrons. The molecule has 3 heterocycles. The summed E-state index contributed by atoms with van der Waals surface area (Å²) in [6, 6.07) is -0.700. The lowest BCUT2D eigenvalue weighted by atomic mass is 10.0. The maximum atomic E-state index is 12.9. The standard InChI is InChI=1S/C16H26N4O6S2/c1-12-15(13(2)26-17-12)28(24,25)19-10-8-18(9-11-19)16(21)14-6-4-5-7-20(14)27(3,22)23/h14H,4-11H2,1-3H3. The summed E-state index contributed by atoms with van der Waals surface area (Å²) in [5.41, 5.74) is 0.307. The average Bonchev–Trinajstić information content (AvgIpc) is 2.99. The molecule has 3 rings (SSSR count). The number of amides is 1. The van der Waals surface area contributed by atoms with Crippen molar-refractivity contribution in [2.45, 2.75) is 44.0 Å². The Balaban J connectivity index is 1.70. The van der Waals surface area contributed by atoms with Gasteiger partial charge in [0.25, 0.3) is 0 Å². The van der Waals surface area contributed by atoms with Gasteiger partial charge in [-0.1, -0.05) is 11.6 Å². The summed E-state index contributed by atoms with van der Waals surface area (Å²) in [5, 5.41) is 3.71. The highest BCUT2D eigenvalue weighted by atomic mass is 32.2. The summed E-state index contributed by atoms with van der Waals surface area (Å²) in [5.74, 6) is -0.0125. The van der Waals surface area contributed by atoms with E-state index in [9.17, 15) is 21.6 Å². The van der Waals surface area contributed by atoms with Gasteiger partial charge >= 0.3 is 0 Å². The number of nitrogens with zero attached hydrogens (tertiary/aromatic N) is 4. The van der Waals surface area contributed by atoms with Crippen molar-refractivity contribution < 1.29 is 26.2 Å². The van der Waals surface area contributed by atoms with E-state index < -0.39 is 26.1 Å². The monoisotopic (exact) mass is 434 g/mol. The zero-order valence-electron chi connectivity index (χ0n) is 16.3. The Morgan fingerprint density at radius 1 is 1.04 bits per heavy atom. The van der Waals surface area contributed by atoms with Crippen LogP contribution in [0.5, 0.6) is 0 Å². The highest BCUT2D eigenvalue weighted by Crippen LogP contribution is 2.26. The molecule has 10 nitrogen and oxygen atoms in total. The van der Waals surface area contributed by atoms with Gasteiger partial charge in [0.15, 0.2) is 5.76 Å². The topological polar surface area (TPSA) is 121 Å². The number of hydrogen-bond donors (Lipinski definition) is 0. The second kappa shape index (κ2) is 7.73. The van der Waals surface area contributed by atoms with E-state index in [0.717, 1.165) is 19.1 Å². The first-order valence-electron chi connectivity index (χ1n) is 9.22. The Morgan fingerprint density at radius 3 is 2.21 bits per heavy atom. The predicted molar refractivity (Wildman–Crippen MR) is 101 cm³/mol. The van der Waals surface area contributed by atoms with Gasteiger partial charge in [0.05, 0.1) is 6.26 Å². The van der Waals surface area contributed by atoms with Crippen LogP contribution in [0.3, 0.4) is 0 Å². The van der Waals surface area contributed by atoms with Crippen LogP contribution in [-0.4, -0.2) is 86.4 Å². The summed E-state index contributed by atoms with van der Waals surface area (Å²) >= 11 is 0. The fourth-order valence-electron chi connectivity index (χ4n) is 3.88. The highest BCUT2D eigenvalue weighted by Gasteiger charge is 2.39. The number of hydrogen-bond acceptors (Lipinski definition) is 7. The molecule has 1 aromatic rings. The Morgan fingerprint density at radius 2 is 1.68 bits per heavy atom. The molecule has 0 aliphatic carbocycles. The van der Waals surface area contributed by atoms with E-state index in [1.54, 1.807) is 18.7 Å². The lowest BCUT2D eigenvalue weighted by molar-refractivity contribution is -0.137. The van der Waals surface area contributed by atoms with Crippen LogP contribution in [0.2, 0.25) is 0 Å². The van der Waals surface area contributed by atoms with Crippen molar-refractivity contribution in [2.75, 3.05) is 39.0 Å². The summed E-state index contributed by atoms with van der Waals surface area (Å²) in [6.07, 6.45) is 3.14. The quantitative estimate of drug-likeness (QED) is 0.651. The Labute approximate surface area is 165 Å². The van der Waals surface area contributed by atoms with Crippen molar-refractivity contribution in [3.8, 4) is 0 Å². The van der Waals surface area contributed by atoms with Crippen LogP contribution >= 0.6 is 0 Å². The van der Waals surface area contributed by atoms with E-state index in [1.165, 1.54) is 8.61 Å². The molecule has 2 saturated heterocycles. The molecule has 1 unspecified atom stereocenters. The molecule has 0 aromatic carbocycles. The third kappa shape index (κ3) is 3.95. The Kier molecular flexibility index (Phi) is 5.86. The second-order valence-electron chi connectivity index (χ2n) is 7.27. The molecule has 28 heavy (non-hydrogen) atoms.